The van der Waals surface area contributed by atoms with Crippen molar-refractivity contribution in [3.63, 3.8) is 0 Å². The van der Waals surface area contributed by atoms with Gasteiger partial charge in [-0.3, -0.25) is 4.79 Å². The molecule has 2 aliphatic rings. The predicted molar refractivity (Wildman–Crippen MR) is 83.4 cm³/mol. The summed E-state index contributed by atoms with van der Waals surface area (Å²) in [5.41, 5.74) is 9.44. The van der Waals surface area contributed by atoms with Gasteiger partial charge in [-0.05, 0) is 61.8 Å². The molecule has 1 fully saturated rings. The predicted octanol–water partition coefficient (Wildman–Crippen LogP) is 2.55. The van der Waals surface area contributed by atoms with Gasteiger partial charge in [0.05, 0.1) is 0 Å². The Kier molecular flexibility index (Phi) is 5.06. The van der Waals surface area contributed by atoms with Crippen LogP contribution in [-0.2, 0) is 12.8 Å². The highest BCUT2D eigenvalue weighted by Crippen LogP contribution is 2.25. The maximum absolute atomic E-state index is 12.6. The monoisotopic (exact) mass is 294 g/mol. The second kappa shape index (κ2) is 6.59. The van der Waals surface area contributed by atoms with Gasteiger partial charge in [0, 0.05) is 24.7 Å². The Morgan fingerprint density at radius 2 is 2.00 bits per heavy atom. The lowest BCUT2D eigenvalue weighted by atomic mass is 9.99. The van der Waals surface area contributed by atoms with Crippen LogP contribution in [0, 0.1) is 0 Å². The van der Waals surface area contributed by atoms with E-state index in [9.17, 15) is 4.79 Å². The number of fused-ring (bicyclic) bond motifs is 1. The van der Waals surface area contributed by atoms with Crippen LogP contribution in [0.15, 0.2) is 18.2 Å². The number of nitrogens with two attached hydrogens (primary N) is 1. The lowest BCUT2D eigenvalue weighted by Crippen LogP contribution is -2.47. The van der Waals surface area contributed by atoms with Crippen LogP contribution in [0.2, 0.25) is 0 Å². The molecule has 0 bridgehead atoms. The summed E-state index contributed by atoms with van der Waals surface area (Å²) in [4.78, 5) is 14.6. The molecule has 3 rings (SSSR count). The molecule has 1 amide bonds. The van der Waals surface area contributed by atoms with E-state index in [1.807, 2.05) is 11.0 Å². The van der Waals surface area contributed by atoms with Crippen molar-refractivity contribution < 1.29 is 4.79 Å². The third-order valence-electron chi connectivity index (χ3n) is 4.51. The number of hydrogen-bond acceptors (Lipinski definition) is 2. The first kappa shape index (κ1) is 15.3. The van der Waals surface area contributed by atoms with Crippen LogP contribution in [0.4, 0.5) is 0 Å². The fourth-order valence-corrected chi connectivity index (χ4v) is 3.38. The van der Waals surface area contributed by atoms with Crippen LogP contribution < -0.4 is 5.73 Å². The largest absolute Gasteiger partial charge is 0.334 e. The molecular formula is C16H23ClN2O. The highest BCUT2D eigenvalue weighted by atomic mass is 35.5. The third kappa shape index (κ3) is 2.84. The molecule has 1 saturated heterocycles. The van der Waals surface area contributed by atoms with Gasteiger partial charge in [0.15, 0.2) is 0 Å². The molecule has 3 nitrogen and oxygen atoms in total. The molecule has 4 heteroatoms. The zero-order valence-electron chi connectivity index (χ0n) is 11.8. The number of amides is 1. The van der Waals surface area contributed by atoms with Crippen molar-refractivity contribution in [1.82, 2.24) is 4.90 Å². The Hall–Kier alpha value is -1.06. The summed E-state index contributed by atoms with van der Waals surface area (Å²) in [6, 6.07) is 6.47. The number of benzene rings is 1. The average molecular weight is 295 g/mol. The van der Waals surface area contributed by atoms with E-state index in [1.165, 1.54) is 30.4 Å². The summed E-state index contributed by atoms with van der Waals surface area (Å²) in [6.07, 6.45) is 6.86. The van der Waals surface area contributed by atoms with E-state index in [0.717, 1.165) is 31.4 Å². The second-order valence-electron chi connectivity index (χ2n) is 5.72. The topological polar surface area (TPSA) is 46.3 Å². The Labute approximate surface area is 126 Å². The van der Waals surface area contributed by atoms with Gasteiger partial charge in [0.2, 0.25) is 0 Å². The molecule has 0 spiro atoms. The van der Waals surface area contributed by atoms with E-state index >= 15 is 0 Å². The number of aryl methyl sites for hydroxylation is 2. The Bertz CT molecular complexity index is 489. The minimum absolute atomic E-state index is 0. The highest BCUT2D eigenvalue weighted by molar-refractivity contribution is 5.94. The quantitative estimate of drug-likeness (QED) is 0.911. The van der Waals surface area contributed by atoms with Crippen molar-refractivity contribution in [1.29, 1.82) is 0 Å². The van der Waals surface area contributed by atoms with E-state index in [1.54, 1.807) is 0 Å². The molecule has 0 saturated carbocycles. The normalized spacial score (nSPS) is 21.2. The first-order valence-corrected chi connectivity index (χ1v) is 7.42. The molecular weight excluding hydrogens is 272 g/mol. The first-order valence-electron chi connectivity index (χ1n) is 7.42. The van der Waals surface area contributed by atoms with Crippen molar-refractivity contribution in [2.24, 2.45) is 5.73 Å². The molecule has 0 radical (unpaired) electrons. The van der Waals surface area contributed by atoms with Gasteiger partial charge in [-0.15, -0.1) is 12.4 Å². The van der Waals surface area contributed by atoms with Crippen LogP contribution in [0.3, 0.4) is 0 Å². The SMILES string of the molecule is Cl.NCC1CCCCN1C(=O)c1ccc2c(c1)CCC2. The molecule has 0 aromatic heterocycles. The molecule has 110 valence electrons. The van der Waals surface area contributed by atoms with Gasteiger partial charge in [-0.25, -0.2) is 0 Å². The minimum Gasteiger partial charge on any atom is -0.334 e. The number of rotatable bonds is 2. The van der Waals surface area contributed by atoms with Crippen LogP contribution in [0.5, 0.6) is 0 Å². The van der Waals surface area contributed by atoms with Gasteiger partial charge in [0.25, 0.3) is 5.91 Å². The average Bonchev–Trinajstić information content (AvgIpc) is 2.93. The number of carbonyl (C=O) groups excluding carboxylic acids is 1. The van der Waals surface area contributed by atoms with E-state index < -0.39 is 0 Å². The molecule has 1 aromatic carbocycles. The molecule has 2 N–H and O–H groups in total. The summed E-state index contributed by atoms with van der Waals surface area (Å²) in [7, 11) is 0. The van der Waals surface area contributed by atoms with Crippen molar-refractivity contribution >= 4 is 18.3 Å². The first-order chi connectivity index (χ1) is 9.29. The maximum atomic E-state index is 12.6. The molecule has 1 aliphatic carbocycles. The van der Waals surface area contributed by atoms with Crippen molar-refractivity contribution in [3.05, 3.63) is 34.9 Å². The summed E-state index contributed by atoms with van der Waals surface area (Å²) < 4.78 is 0. The summed E-state index contributed by atoms with van der Waals surface area (Å²) in [5, 5.41) is 0. The number of carbonyl (C=O) groups is 1. The van der Waals surface area contributed by atoms with Crippen LogP contribution in [0.1, 0.15) is 47.2 Å². The molecule has 1 aliphatic heterocycles. The molecule has 1 unspecified atom stereocenters. The summed E-state index contributed by atoms with van der Waals surface area (Å²) >= 11 is 0. The van der Waals surface area contributed by atoms with Crippen LogP contribution in [0.25, 0.3) is 0 Å². The standard InChI is InChI=1S/C16H22N2O.ClH/c17-11-15-6-1-2-9-18(15)16(19)14-8-7-12-4-3-5-13(12)10-14;/h7-8,10,15H,1-6,9,11,17H2;1H. The minimum atomic E-state index is 0. The molecule has 1 heterocycles. The van der Waals surface area contributed by atoms with E-state index in [-0.39, 0.29) is 24.4 Å². The lowest BCUT2D eigenvalue weighted by Gasteiger charge is -2.35. The fourth-order valence-electron chi connectivity index (χ4n) is 3.38. The number of halogens is 1. The smallest absolute Gasteiger partial charge is 0.254 e. The number of nitrogens with zero attached hydrogens (tertiary/aromatic N) is 1. The van der Waals surface area contributed by atoms with Gasteiger partial charge < -0.3 is 10.6 Å². The van der Waals surface area contributed by atoms with Crippen LogP contribution in [-0.4, -0.2) is 29.9 Å². The van der Waals surface area contributed by atoms with E-state index in [0.29, 0.717) is 6.54 Å². The van der Waals surface area contributed by atoms with Gasteiger partial charge in [-0.2, -0.15) is 0 Å². The van der Waals surface area contributed by atoms with Crippen molar-refractivity contribution in [3.8, 4) is 0 Å². The number of piperidine rings is 1. The molecule has 20 heavy (non-hydrogen) atoms. The Balaban J connectivity index is 0.00000147. The third-order valence-corrected chi connectivity index (χ3v) is 4.51. The van der Waals surface area contributed by atoms with E-state index in [4.69, 9.17) is 5.73 Å². The lowest BCUT2D eigenvalue weighted by molar-refractivity contribution is 0.0623. The summed E-state index contributed by atoms with van der Waals surface area (Å²) in [5.74, 6) is 0.171. The van der Waals surface area contributed by atoms with E-state index in [2.05, 4.69) is 12.1 Å². The molecule has 1 atom stereocenters. The number of likely N-dealkylation sites (tertiary alicyclic amines) is 1. The van der Waals surface area contributed by atoms with Crippen LogP contribution >= 0.6 is 12.4 Å². The van der Waals surface area contributed by atoms with Gasteiger partial charge in [0.1, 0.15) is 0 Å². The van der Waals surface area contributed by atoms with Crippen molar-refractivity contribution in [2.75, 3.05) is 13.1 Å². The zero-order valence-corrected chi connectivity index (χ0v) is 12.6. The van der Waals surface area contributed by atoms with Gasteiger partial charge in [-0.1, -0.05) is 6.07 Å². The number of hydrogen-bond donors (Lipinski definition) is 1. The van der Waals surface area contributed by atoms with Gasteiger partial charge >= 0.3 is 0 Å². The fraction of sp³-hybridized carbons (Fsp3) is 0.562. The summed E-state index contributed by atoms with van der Waals surface area (Å²) in [6.45, 7) is 1.44. The molecule has 1 aromatic rings. The highest BCUT2D eigenvalue weighted by Gasteiger charge is 2.27. The zero-order chi connectivity index (χ0) is 13.2. The maximum Gasteiger partial charge on any atom is 0.254 e. The van der Waals surface area contributed by atoms with Crippen molar-refractivity contribution in [2.45, 2.75) is 44.6 Å². The second-order valence-corrected chi connectivity index (χ2v) is 5.72. The Morgan fingerprint density at radius 1 is 1.20 bits per heavy atom. The Morgan fingerprint density at radius 3 is 2.80 bits per heavy atom.